The zero-order chi connectivity index (χ0) is 17.9. The lowest BCUT2D eigenvalue weighted by molar-refractivity contribution is 0.0444. The van der Waals surface area contributed by atoms with Crippen LogP contribution in [-0.4, -0.2) is 36.6 Å². The molecule has 5 nitrogen and oxygen atoms in total. The second kappa shape index (κ2) is 7.12. The number of para-hydroxylation sites is 3. The first-order valence-electron chi connectivity index (χ1n) is 8.91. The van der Waals surface area contributed by atoms with Crippen molar-refractivity contribution in [3.63, 3.8) is 0 Å². The molecule has 1 amide bonds. The van der Waals surface area contributed by atoms with E-state index < -0.39 is 0 Å². The Kier molecular flexibility index (Phi) is 4.52. The first kappa shape index (κ1) is 16.5. The monoisotopic (exact) mass is 351 g/mol. The highest BCUT2D eigenvalue weighted by Crippen LogP contribution is 2.31. The fraction of sp³-hybridized carbons (Fsp3) is 0.286. The van der Waals surface area contributed by atoms with E-state index in [1.807, 2.05) is 55.5 Å². The molecule has 3 aromatic rings. The van der Waals surface area contributed by atoms with E-state index in [0.29, 0.717) is 25.5 Å². The molecule has 1 aromatic heterocycles. The first-order chi connectivity index (χ1) is 12.7. The highest BCUT2D eigenvalue weighted by atomic mass is 16.6. The molecule has 1 aliphatic rings. The predicted molar refractivity (Wildman–Crippen MR) is 98.8 cm³/mol. The van der Waals surface area contributed by atoms with Crippen molar-refractivity contribution >= 4 is 16.9 Å². The molecular weight excluding hydrogens is 330 g/mol. The first-order valence-corrected chi connectivity index (χ1v) is 8.91. The van der Waals surface area contributed by atoms with Crippen molar-refractivity contribution in [2.24, 2.45) is 0 Å². The molecule has 0 saturated carbocycles. The lowest BCUT2D eigenvalue weighted by atomic mass is 10.2. The van der Waals surface area contributed by atoms with Crippen molar-refractivity contribution in [1.82, 2.24) is 4.90 Å². The molecule has 0 fully saturated rings. The van der Waals surface area contributed by atoms with Gasteiger partial charge in [0, 0.05) is 11.9 Å². The van der Waals surface area contributed by atoms with Gasteiger partial charge in [-0.3, -0.25) is 4.79 Å². The van der Waals surface area contributed by atoms with Crippen molar-refractivity contribution in [2.75, 3.05) is 19.7 Å². The maximum Gasteiger partial charge on any atom is 0.289 e. The van der Waals surface area contributed by atoms with Crippen molar-refractivity contribution < 1.29 is 18.7 Å². The summed E-state index contributed by atoms with van der Waals surface area (Å²) in [5, 5.41) is 0.929. The van der Waals surface area contributed by atoms with Gasteiger partial charge in [-0.15, -0.1) is 0 Å². The average Bonchev–Trinajstić information content (AvgIpc) is 3.11. The lowest BCUT2D eigenvalue weighted by Gasteiger charge is -2.31. The summed E-state index contributed by atoms with van der Waals surface area (Å²) in [5.41, 5.74) is 0.721. The SMILES string of the molecule is CCCN(CC1COc2ccccc2O1)C(=O)c1cc2ccccc2o1. The van der Waals surface area contributed by atoms with Crippen molar-refractivity contribution in [1.29, 1.82) is 0 Å². The van der Waals surface area contributed by atoms with Crippen LogP contribution in [-0.2, 0) is 0 Å². The van der Waals surface area contributed by atoms with Crippen LogP contribution in [0.2, 0.25) is 0 Å². The van der Waals surface area contributed by atoms with Gasteiger partial charge in [0.2, 0.25) is 0 Å². The summed E-state index contributed by atoms with van der Waals surface area (Å²) in [5.74, 6) is 1.70. The highest BCUT2D eigenvalue weighted by Gasteiger charge is 2.27. The zero-order valence-corrected chi connectivity index (χ0v) is 14.7. The number of nitrogens with zero attached hydrogens (tertiary/aromatic N) is 1. The second-order valence-corrected chi connectivity index (χ2v) is 6.40. The summed E-state index contributed by atoms with van der Waals surface area (Å²) in [6.45, 7) is 3.56. The molecular formula is C21H21NO4. The Labute approximate surface area is 152 Å². The van der Waals surface area contributed by atoms with E-state index in [-0.39, 0.29) is 12.0 Å². The molecule has 26 heavy (non-hydrogen) atoms. The summed E-state index contributed by atoms with van der Waals surface area (Å²) < 4.78 is 17.5. The molecule has 0 radical (unpaired) electrons. The maximum absolute atomic E-state index is 13.0. The number of carbonyl (C=O) groups excluding carboxylic acids is 1. The third-order valence-electron chi connectivity index (χ3n) is 4.41. The Morgan fingerprint density at radius 3 is 2.69 bits per heavy atom. The maximum atomic E-state index is 13.0. The second-order valence-electron chi connectivity index (χ2n) is 6.40. The van der Waals surface area contributed by atoms with E-state index >= 15 is 0 Å². The van der Waals surface area contributed by atoms with Gasteiger partial charge in [0.25, 0.3) is 5.91 Å². The van der Waals surface area contributed by atoms with Gasteiger partial charge in [0.05, 0.1) is 6.54 Å². The lowest BCUT2D eigenvalue weighted by Crippen LogP contribution is -2.44. The number of amides is 1. The van der Waals surface area contributed by atoms with Crippen LogP contribution in [0, 0.1) is 0 Å². The molecule has 1 unspecified atom stereocenters. The number of benzene rings is 2. The summed E-state index contributed by atoms with van der Waals surface area (Å²) >= 11 is 0. The standard InChI is InChI=1S/C21H21NO4/c1-2-11-22(13-16-14-24-18-9-5-6-10-19(18)25-16)21(23)20-12-15-7-3-4-8-17(15)26-20/h3-10,12,16H,2,11,13-14H2,1H3. The molecule has 4 rings (SSSR count). The third kappa shape index (κ3) is 3.25. The van der Waals surface area contributed by atoms with Gasteiger partial charge in [-0.25, -0.2) is 0 Å². The molecule has 0 saturated heterocycles. The predicted octanol–water partition coefficient (Wildman–Crippen LogP) is 4.13. The molecule has 0 N–H and O–H groups in total. The Bertz CT molecular complexity index is 884. The van der Waals surface area contributed by atoms with Gasteiger partial charge >= 0.3 is 0 Å². The molecule has 134 valence electrons. The van der Waals surface area contributed by atoms with Crippen LogP contribution in [0.4, 0.5) is 0 Å². The summed E-state index contributed by atoms with van der Waals surface area (Å²) in [7, 11) is 0. The van der Waals surface area contributed by atoms with Crippen LogP contribution in [0.15, 0.2) is 59.0 Å². The van der Waals surface area contributed by atoms with Gasteiger partial charge in [0.1, 0.15) is 12.2 Å². The number of hydrogen-bond donors (Lipinski definition) is 0. The van der Waals surface area contributed by atoms with Gasteiger partial charge in [-0.05, 0) is 30.7 Å². The van der Waals surface area contributed by atoms with Gasteiger partial charge in [-0.2, -0.15) is 0 Å². The normalized spacial score (nSPS) is 15.8. The fourth-order valence-electron chi connectivity index (χ4n) is 3.19. The minimum Gasteiger partial charge on any atom is -0.486 e. The summed E-state index contributed by atoms with van der Waals surface area (Å²) in [4.78, 5) is 14.7. The largest absolute Gasteiger partial charge is 0.486 e. The van der Waals surface area contributed by atoms with E-state index in [1.165, 1.54) is 0 Å². The number of ether oxygens (including phenoxy) is 2. The average molecular weight is 351 g/mol. The molecule has 0 bridgehead atoms. The minimum atomic E-state index is -0.204. The molecule has 0 aliphatic carbocycles. The van der Waals surface area contributed by atoms with E-state index in [1.54, 1.807) is 11.0 Å². The Morgan fingerprint density at radius 2 is 1.88 bits per heavy atom. The van der Waals surface area contributed by atoms with Crippen LogP contribution >= 0.6 is 0 Å². The Balaban J connectivity index is 1.51. The van der Waals surface area contributed by atoms with E-state index in [4.69, 9.17) is 13.9 Å². The van der Waals surface area contributed by atoms with Gasteiger partial charge < -0.3 is 18.8 Å². The van der Waals surface area contributed by atoms with Gasteiger partial charge in [-0.1, -0.05) is 37.3 Å². The molecule has 2 heterocycles. The smallest absolute Gasteiger partial charge is 0.289 e. The third-order valence-corrected chi connectivity index (χ3v) is 4.41. The quantitative estimate of drug-likeness (QED) is 0.694. The minimum absolute atomic E-state index is 0.120. The van der Waals surface area contributed by atoms with Crippen molar-refractivity contribution in [3.05, 3.63) is 60.4 Å². The fourth-order valence-corrected chi connectivity index (χ4v) is 3.19. The zero-order valence-electron chi connectivity index (χ0n) is 14.7. The summed E-state index contributed by atoms with van der Waals surface area (Å²) in [6.07, 6.45) is 0.653. The van der Waals surface area contributed by atoms with Crippen LogP contribution in [0.25, 0.3) is 11.0 Å². The van der Waals surface area contributed by atoms with Crippen LogP contribution in [0.5, 0.6) is 11.5 Å². The highest BCUT2D eigenvalue weighted by molar-refractivity contribution is 5.96. The van der Waals surface area contributed by atoms with Crippen LogP contribution in [0.1, 0.15) is 23.9 Å². The summed E-state index contributed by atoms with van der Waals surface area (Å²) in [6, 6.07) is 17.0. The van der Waals surface area contributed by atoms with Crippen LogP contribution in [0.3, 0.4) is 0 Å². The van der Waals surface area contributed by atoms with Gasteiger partial charge in [0.15, 0.2) is 23.4 Å². The topological polar surface area (TPSA) is 51.9 Å². The molecule has 2 aromatic carbocycles. The molecule has 1 aliphatic heterocycles. The number of carbonyl (C=O) groups is 1. The number of fused-ring (bicyclic) bond motifs is 2. The number of hydrogen-bond acceptors (Lipinski definition) is 4. The molecule has 1 atom stereocenters. The molecule has 0 spiro atoms. The van der Waals surface area contributed by atoms with E-state index in [9.17, 15) is 4.79 Å². The van der Waals surface area contributed by atoms with Crippen LogP contribution < -0.4 is 9.47 Å². The van der Waals surface area contributed by atoms with Crippen molar-refractivity contribution in [3.8, 4) is 11.5 Å². The van der Waals surface area contributed by atoms with E-state index in [0.717, 1.165) is 28.9 Å². The number of rotatable bonds is 5. The van der Waals surface area contributed by atoms with E-state index in [2.05, 4.69) is 0 Å². The number of furan rings is 1. The Hall–Kier alpha value is -2.95. The molecule has 5 heteroatoms. The van der Waals surface area contributed by atoms with Crippen molar-refractivity contribution in [2.45, 2.75) is 19.4 Å². The Morgan fingerprint density at radius 1 is 1.12 bits per heavy atom.